The van der Waals surface area contributed by atoms with Gasteiger partial charge in [0, 0.05) is 84.3 Å². The molecule has 0 aliphatic heterocycles. The fourth-order valence-corrected chi connectivity index (χ4v) is 20.5. The Kier molecular flexibility index (Phi) is 35.1. The quantitative estimate of drug-likeness (QED) is 0.0430. The summed E-state index contributed by atoms with van der Waals surface area (Å²) in [7, 11) is -1.35. The largest absolute Gasteiger partial charge is 0.477 e. The van der Waals surface area contributed by atoms with E-state index < -0.39 is 14.0 Å². The number of carboxylic acid groups (broad SMARTS) is 1. The molecule has 0 fully saturated rings. The van der Waals surface area contributed by atoms with Gasteiger partial charge < -0.3 is 15.1 Å². The molecule has 0 atom stereocenters. The van der Waals surface area contributed by atoms with Gasteiger partial charge in [-0.1, -0.05) is 397 Å². The fraction of sp³-hybridized carbons (Fsp3) is 0.246. The number of para-hydroxylation sites is 3. The summed E-state index contributed by atoms with van der Waals surface area (Å²) < 4.78 is 0. The summed E-state index contributed by atoms with van der Waals surface area (Å²) in [4.78, 5) is 37.2. The van der Waals surface area contributed by atoms with Crippen molar-refractivity contribution in [3.8, 4) is 89.7 Å². The summed E-state index contributed by atoms with van der Waals surface area (Å²) in [5.41, 5.74) is 33.3. The van der Waals surface area contributed by atoms with Gasteiger partial charge in [0.1, 0.15) is 5.69 Å². The average molecular weight is 2360 g/mol. The molecule has 705 valence electrons. The topological polar surface area (TPSA) is 115 Å². The second-order valence-electron chi connectivity index (χ2n) is 39.3. The van der Waals surface area contributed by atoms with E-state index >= 15 is 0 Å². The Morgan fingerprint density at radius 2 is 0.754 bits per heavy atom. The first-order valence-corrected chi connectivity index (χ1v) is 51.9. The summed E-state index contributed by atoms with van der Waals surface area (Å²) in [5, 5.41) is 15.8. The summed E-state index contributed by atoms with van der Waals surface area (Å²) in [6, 6.07) is 127. The van der Waals surface area contributed by atoms with Gasteiger partial charge in [-0.3, -0.25) is 15.0 Å². The molecule has 6 heterocycles. The molecule has 138 heavy (non-hydrogen) atoms. The van der Waals surface area contributed by atoms with Crippen molar-refractivity contribution in [1.29, 1.82) is 0 Å². The summed E-state index contributed by atoms with van der Waals surface area (Å²) >= 11 is 0. The van der Waals surface area contributed by atoms with Crippen molar-refractivity contribution in [3.05, 3.63) is 415 Å². The van der Waals surface area contributed by atoms with E-state index in [0.29, 0.717) is 0 Å². The standard InChI is InChI=1S/C42H54N.C27H26NSi.C25H20N.C15H10N.C11H8N.C6H5NO2.3Ir/c1-6-8-10-12-14-18-28-42(29-19-15-13-11-9-7-2)37-30-33(40-27-23-32-20-16-17-21-39(32)43-40)22-25-35(37)36-26-24-34(31-38(36)42)41(3,4)5;1-27(2)23-16-19(26-15-11-18-8-6-7-9-25(18)28-26)10-13-21(23)22-14-12-20(17-24(22)27)29(3,4)5;1-16-8-11-19-20-12-9-18(15-22(20)25(2,3)21(19)14-16)24-13-10-17-6-4-5-7-23(17)26-24;1-2-6-12(7-3-1)15-10-13-8-4-5-9-14(13)11-16-15;1-2-6-10(7-3-1)11-8-4-5-9-12-11;8-6(9)5-3-1-2-4-7-5;;;/h16-17,20-21,23-27,30-31H,6-15,18-19,28-29H2,1-5H3;6-9,11-17H,1-5H3;4-8,10-15H,1-3H3;1-6,8-11H;1-6,8-9H;1-4H,(H,8,9);;;/q5*-1;;;;. The van der Waals surface area contributed by atoms with Gasteiger partial charge in [-0.2, -0.15) is 0 Å². The Hall–Kier alpha value is -11.8. The number of nitrogens with zero attached hydrogens (tertiary/aromatic N) is 6. The molecule has 12 heteroatoms. The minimum atomic E-state index is -1.35. The van der Waals surface area contributed by atoms with Crippen LogP contribution in [0.1, 0.15) is 207 Å². The van der Waals surface area contributed by atoms with Crippen LogP contribution in [0.15, 0.2) is 334 Å². The SMILES string of the molecule is CC1(C)c2cc(-c3ccc4ccccc4n3)[c-]cc2-c2ccc([Si](C)(C)C)cc21.CCCCCCCCC1(CCCCCCCC)c2cc(-c3ccc4ccccc4n3)[c-]cc2-c2ccc(C(C)(C)C)cc21.Cc1ccc2c(c1)C(C)(C)c1cc(-c3ccc4ccccc4n3)[c-]cc1-2.O=C(O)c1ccccn1.[Ir].[Ir].[Ir].[c-]1ccccc1-c1cc2ccccc2cn1.[c-]1ccccc1-c1ccccn1. The van der Waals surface area contributed by atoms with Gasteiger partial charge in [0.15, 0.2) is 0 Å². The van der Waals surface area contributed by atoms with Crippen molar-refractivity contribution in [2.24, 2.45) is 0 Å². The van der Waals surface area contributed by atoms with E-state index in [1.54, 1.807) is 23.9 Å². The zero-order chi connectivity index (χ0) is 94.3. The molecule has 12 aromatic carbocycles. The van der Waals surface area contributed by atoms with Crippen LogP contribution in [0.5, 0.6) is 0 Å². The Morgan fingerprint density at radius 1 is 0.348 bits per heavy atom. The van der Waals surface area contributed by atoms with Gasteiger partial charge in [-0.25, -0.2) is 9.78 Å². The van der Waals surface area contributed by atoms with Gasteiger partial charge in [0.2, 0.25) is 0 Å². The molecule has 0 bridgehead atoms. The van der Waals surface area contributed by atoms with E-state index in [-0.39, 0.29) is 87.7 Å². The summed E-state index contributed by atoms with van der Waals surface area (Å²) in [6.07, 6.45) is 23.7. The average Bonchev–Trinajstić information content (AvgIpc) is 1.56. The maximum atomic E-state index is 10.1. The number of carboxylic acids is 1. The van der Waals surface area contributed by atoms with Gasteiger partial charge in [0.25, 0.3) is 0 Å². The molecule has 1 N–H and O–H groups in total. The van der Waals surface area contributed by atoms with Crippen LogP contribution in [0.3, 0.4) is 0 Å². The summed E-state index contributed by atoms with van der Waals surface area (Å²) in [6.45, 7) is 30.4. The van der Waals surface area contributed by atoms with Crippen LogP contribution in [0.2, 0.25) is 19.6 Å². The van der Waals surface area contributed by atoms with Crippen LogP contribution in [0, 0.1) is 37.3 Å². The van der Waals surface area contributed by atoms with E-state index in [1.807, 2.05) is 103 Å². The van der Waals surface area contributed by atoms with Crippen molar-refractivity contribution in [3.63, 3.8) is 0 Å². The number of aryl methyl sites for hydroxylation is 1. The first kappa shape index (κ1) is 104. The van der Waals surface area contributed by atoms with Crippen molar-refractivity contribution in [2.75, 3.05) is 0 Å². The normalized spacial score (nSPS) is 12.7. The number of aromatic carboxylic acids is 1. The number of carbonyl (C=O) groups is 1. The molecule has 6 aromatic heterocycles. The molecule has 0 spiro atoms. The Bertz CT molecular complexity index is 7120. The molecule has 0 saturated heterocycles. The molecule has 21 rings (SSSR count). The number of benzene rings is 12. The van der Waals surface area contributed by atoms with Crippen LogP contribution in [0.25, 0.3) is 133 Å². The fourth-order valence-electron chi connectivity index (χ4n) is 19.3. The van der Waals surface area contributed by atoms with Crippen LogP contribution < -0.4 is 5.19 Å². The van der Waals surface area contributed by atoms with Crippen molar-refractivity contribution in [1.82, 2.24) is 29.9 Å². The van der Waals surface area contributed by atoms with E-state index in [1.165, 1.54) is 207 Å². The molecule has 18 aromatic rings. The maximum absolute atomic E-state index is 10.1. The monoisotopic (exact) mass is 2360 g/mol. The van der Waals surface area contributed by atoms with Crippen LogP contribution in [0.4, 0.5) is 0 Å². The van der Waals surface area contributed by atoms with Gasteiger partial charge in [-0.05, 0) is 150 Å². The first-order valence-electron chi connectivity index (χ1n) is 48.4. The van der Waals surface area contributed by atoms with Gasteiger partial charge >= 0.3 is 5.97 Å². The van der Waals surface area contributed by atoms with E-state index in [2.05, 4.69) is 334 Å². The first-order chi connectivity index (χ1) is 65.4. The molecule has 3 aliphatic rings. The van der Waals surface area contributed by atoms with Crippen LogP contribution in [-0.2, 0) is 82.0 Å². The van der Waals surface area contributed by atoms with Crippen molar-refractivity contribution >= 4 is 62.7 Å². The zero-order valence-electron chi connectivity index (χ0n) is 81.7. The molecule has 0 amide bonds. The second-order valence-corrected chi connectivity index (χ2v) is 44.4. The molecule has 3 aliphatic carbocycles. The summed E-state index contributed by atoms with van der Waals surface area (Å²) in [5.74, 6) is -0.990. The Morgan fingerprint density at radius 3 is 1.21 bits per heavy atom. The predicted octanol–water partition coefficient (Wildman–Crippen LogP) is 32.7. The van der Waals surface area contributed by atoms with Gasteiger partial charge in [-0.15, -0.1) is 160 Å². The maximum Gasteiger partial charge on any atom is 0.354 e. The minimum Gasteiger partial charge on any atom is -0.477 e. The molecule has 3 radical (unpaired) electrons. The van der Waals surface area contributed by atoms with E-state index in [0.717, 1.165) is 72.8 Å². The minimum absolute atomic E-state index is 0. The van der Waals surface area contributed by atoms with Crippen LogP contribution >= 0.6 is 0 Å². The Balaban J connectivity index is 0.000000148. The molecule has 0 unspecified atom stereocenters. The molecule has 8 nitrogen and oxygen atoms in total. The number of unbranched alkanes of at least 4 members (excludes halogenated alkanes) is 10. The third kappa shape index (κ3) is 24.0. The third-order valence-electron chi connectivity index (χ3n) is 27.1. The van der Waals surface area contributed by atoms with E-state index in [9.17, 15) is 4.79 Å². The second kappa shape index (κ2) is 46.8. The van der Waals surface area contributed by atoms with Crippen molar-refractivity contribution < 1.29 is 70.2 Å². The number of rotatable bonds is 21. The number of fused-ring (bicyclic) bond motifs is 13. The predicted molar refractivity (Wildman–Crippen MR) is 568 cm³/mol. The van der Waals surface area contributed by atoms with Crippen molar-refractivity contribution in [2.45, 2.75) is 200 Å². The third-order valence-corrected chi connectivity index (χ3v) is 29.1. The molecule has 0 saturated carbocycles. The number of aromatic nitrogens is 6. The Labute approximate surface area is 860 Å². The number of hydrogen-bond donors (Lipinski definition) is 1. The zero-order valence-corrected chi connectivity index (χ0v) is 89.9. The van der Waals surface area contributed by atoms with Gasteiger partial charge in [0.05, 0.1) is 24.6 Å². The number of hydrogen-bond acceptors (Lipinski definition) is 7. The number of pyridine rings is 6. The smallest absolute Gasteiger partial charge is 0.354 e. The van der Waals surface area contributed by atoms with E-state index in [4.69, 9.17) is 20.1 Å². The molecular weight excluding hydrogens is 2230 g/mol. The van der Waals surface area contributed by atoms with Crippen LogP contribution in [-0.4, -0.2) is 49.1 Å². The molecular formula is C126H123Ir3N6O2Si-5.